The molecule has 0 saturated carbocycles. The number of benzene rings is 6. The zero-order valence-corrected chi connectivity index (χ0v) is 52.6. The molecule has 3 aliphatic heterocycles. The summed E-state index contributed by atoms with van der Waals surface area (Å²) in [6.45, 7) is 0.265. The number of methoxy groups -OCH3 is 3. The lowest BCUT2D eigenvalue weighted by molar-refractivity contribution is -0.135. The summed E-state index contributed by atoms with van der Waals surface area (Å²) < 4.78 is 164. The molecule has 9 aromatic rings. The first-order valence-electron chi connectivity index (χ1n) is 29.7. The van der Waals surface area contributed by atoms with Gasteiger partial charge in [-0.1, -0.05) is 36.0 Å². The van der Waals surface area contributed by atoms with Crippen molar-refractivity contribution < 1.29 is 67.9 Å². The van der Waals surface area contributed by atoms with Crippen molar-refractivity contribution in [2.24, 2.45) is 0 Å². The van der Waals surface area contributed by atoms with Crippen molar-refractivity contribution in [2.45, 2.75) is 55.3 Å². The topological polar surface area (TPSA) is 179 Å². The summed E-state index contributed by atoms with van der Waals surface area (Å²) in [5, 5.41) is 10.1. The molecule has 3 fully saturated rings. The van der Waals surface area contributed by atoms with Crippen LogP contribution in [0.2, 0.25) is 0 Å². The van der Waals surface area contributed by atoms with E-state index in [4.69, 9.17) is 47.7 Å². The number of likely N-dealkylation sites (tertiary alicyclic amines) is 3. The Balaban J connectivity index is 0.000000157. The van der Waals surface area contributed by atoms with E-state index in [0.717, 1.165) is 0 Å². The van der Waals surface area contributed by atoms with Crippen LogP contribution in [0.4, 0.5) is 74.0 Å². The number of rotatable bonds is 15. The molecule has 18 nitrogen and oxygen atoms in total. The number of nitrogens with one attached hydrogen (secondary N) is 3. The van der Waals surface area contributed by atoms with Crippen molar-refractivity contribution >= 4 is 67.2 Å². The van der Waals surface area contributed by atoms with E-state index in [2.05, 4.69) is 63.6 Å². The van der Waals surface area contributed by atoms with Gasteiger partial charge < -0.3 is 59.1 Å². The number of halogens is 9. The van der Waals surface area contributed by atoms with Gasteiger partial charge in [-0.2, -0.15) is 0 Å². The molecule has 27 heteroatoms. The molecule has 96 heavy (non-hydrogen) atoms. The summed E-state index contributed by atoms with van der Waals surface area (Å²) in [6.07, 6.45) is 16.5. The zero-order chi connectivity index (χ0) is 68.6. The average molecular weight is 1330 g/mol. The van der Waals surface area contributed by atoms with Gasteiger partial charge in [0, 0.05) is 73.3 Å². The first-order chi connectivity index (χ1) is 46.0. The van der Waals surface area contributed by atoms with Crippen molar-refractivity contribution in [2.75, 3.05) is 97.7 Å². The largest absolute Gasteiger partial charge is 0.493 e. The van der Waals surface area contributed by atoms with E-state index in [1.54, 1.807) is 72.2 Å². The van der Waals surface area contributed by atoms with Crippen LogP contribution in [0.15, 0.2) is 110 Å². The number of ether oxygens (including phenoxy) is 6. The third-order valence-electron chi connectivity index (χ3n) is 16.0. The second-order valence-corrected chi connectivity index (χ2v) is 22.7. The molecule has 0 spiro atoms. The van der Waals surface area contributed by atoms with Gasteiger partial charge in [0.2, 0.25) is 0 Å². The van der Waals surface area contributed by atoms with E-state index in [1.165, 1.54) is 94.9 Å². The zero-order valence-electron chi connectivity index (χ0n) is 52.6. The monoisotopic (exact) mass is 1330 g/mol. The highest BCUT2D eigenvalue weighted by Gasteiger charge is 2.48. The summed E-state index contributed by atoms with van der Waals surface area (Å²) in [4.78, 5) is 29.9. The van der Waals surface area contributed by atoms with Crippen LogP contribution >= 0.6 is 0 Å². The van der Waals surface area contributed by atoms with E-state index >= 15 is 0 Å². The average Bonchev–Trinajstić information content (AvgIpc) is 0.795. The molecule has 0 radical (unpaired) electrons. The van der Waals surface area contributed by atoms with Gasteiger partial charge in [0.15, 0.2) is 70.3 Å². The lowest BCUT2D eigenvalue weighted by Crippen LogP contribution is -2.52. The molecular formula is C69H63F9N12O6. The first kappa shape index (κ1) is 68.3. The number of anilines is 6. The molecule has 1 unspecified atom stereocenters. The summed E-state index contributed by atoms with van der Waals surface area (Å²) in [6, 6.07) is 23.1. The Morgan fingerprint density at radius 1 is 0.417 bits per heavy atom. The summed E-state index contributed by atoms with van der Waals surface area (Å²) in [5.41, 5.74) is 2.08. The molecule has 3 atom stereocenters. The highest BCUT2D eigenvalue weighted by molar-refractivity contribution is 5.95. The Hall–Kier alpha value is -10.5. The number of piperidine rings is 3. The van der Waals surface area contributed by atoms with Crippen molar-refractivity contribution in [3.8, 4) is 71.5 Å². The summed E-state index contributed by atoms with van der Waals surface area (Å²) in [5.74, 6) is -2.06. The molecule has 0 bridgehead atoms. The van der Waals surface area contributed by atoms with Gasteiger partial charge in [-0.05, 0) is 75.7 Å². The van der Waals surface area contributed by atoms with Crippen molar-refractivity contribution in [3.63, 3.8) is 0 Å². The van der Waals surface area contributed by atoms with Gasteiger partial charge >= 0.3 is 0 Å². The molecule has 498 valence electrons. The first-order valence-corrected chi connectivity index (χ1v) is 29.7. The predicted molar refractivity (Wildman–Crippen MR) is 346 cm³/mol. The lowest BCUT2D eigenvalue weighted by atomic mass is 10.0. The van der Waals surface area contributed by atoms with Crippen LogP contribution in [-0.4, -0.2) is 162 Å². The molecule has 0 aliphatic carbocycles. The molecule has 0 amide bonds. The fraction of sp³-hybridized carbons (Fsp3) is 0.304. The minimum atomic E-state index is -3.03. The number of fused-ring (bicyclic) bond motifs is 3. The Labute approximate surface area is 546 Å². The van der Waals surface area contributed by atoms with E-state index < -0.39 is 73.2 Å². The number of hydrogen-bond acceptors (Lipinski definition) is 18. The Morgan fingerprint density at radius 3 is 0.927 bits per heavy atom. The van der Waals surface area contributed by atoms with Gasteiger partial charge in [0.1, 0.15) is 36.4 Å². The fourth-order valence-electron chi connectivity index (χ4n) is 11.0. The van der Waals surface area contributed by atoms with Gasteiger partial charge in [0.25, 0.3) is 17.8 Å². The van der Waals surface area contributed by atoms with Crippen LogP contribution < -0.4 is 44.4 Å². The number of terminal acetylenes is 3. The number of aromatic nitrogens is 6. The third kappa shape index (κ3) is 15.2. The summed E-state index contributed by atoms with van der Waals surface area (Å²) >= 11 is 0. The van der Waals surface area contributed by atoms with E-state index in [9.17, 15) is 39.5 Å². The fourth-order valence-corrected chi connectivity index (χ4v) is 11.0. The standard InChI is InChI=1S/3C23H21F3N4O2/c3*1-4-14-6-5-7-16(21(14)24)29-22-15-10-19(18(31-3)11-17(15)27-13-28-22)32-20-8-9-30(2)12-23(20,25)26/h3*1,5-7,10-11,13,20H,8-9,12H2,2-3H3,(H,27,28,29)/t2*20-;/m10./s1. The van der Waals surface area contributed by atoms with E-state index in [0.29, 0.717) is 52.3 Å². The second-order valence-electron chi connectivity index (χ2n) is 22.7. The van der Waals surface area contributed by atoms with Crippen LogP contribution in [-0.2, 0) is 0 Å². The van der Waals surface area contributed by atoms with Gasteiger partial charge in [0.05, 0.1) is 91.3 Å². The summed E-state index contributed by atoms with van der Waals surface area (Å²) in [7, 11) is 9.19. The Bertz CT molecular complexity index is 4030. The maximum atomic E-state index is 14.6. The minimum absolute atomic E-state index is 0.101. The highest BCUT2D eigenvalue weighted by Crippen LogP contribution is 2.43. The normalized spacial score (nSPS) is 18.2. The van der Waals surface area contributed by atoms with E-state index in [-0.39, 0.29) is 105 Å². The van der Waals surface area contributed by atoms with E-state index in [1.807, 2.05) is 0 Å². The predicted octanol–water partition coefficient (Wildman–Crippen LogP) is 12.7. The van der Waals surface area contributed by atoms with Crippen LogP contribution in [0.25, 0.3) is 32.7 Å². The number of nitrogens with zero attached hydrogens (tertiary/aromatic N) is 9. The maximum Gasteiger partial charge on any atom is 0.296 e. The molecule has 3 aliphatic rings. The van der Waals surface area contributed by atoms with Crippen LogP contribution in [0.1, 0.15) is 36.0 Å². The van der Waals surface area contributed by atoms with Crippen LogP contribution in [0.5, 0.6) is 34.5 Å². The van der Waals surface area contributed by atoms with Gasteiger partial charge in [-0.25, -0.2) is 69.4 Å². The second kappa shape index (κ2) is 29.0. The molecular weight excluding hydrogens is 1260 g/mol. The Kier molecular flexibility index (Phi) is 20.6. The molecule has 6 aromatic carbocycles. The number of alkyl halides is 6. The van der Waals surface area contributed by atoms with Crippen LogP contribution in [0, 0.1) is 54.5 Å². The SMILES string of the molecule is C#Cc1cccc(Nc2ncnc3cc(OC)c(OC4CCN(C)CC4(F)F)cc23)c1F.C#Cc1cccc(Nc2ncnc3cc(OC)c(O[C@@H]4CCN(C)CC4(F)F)cc23)c1F.C#Cc1cccc(Nc2ncnc3cc(OC)c(O[C@H]4CCN(C)CC4(F)F)cc23)c1F. The third-order valence-corrected chi connectivity index (χ3v) is 16.0. The van der Waals surface area contributed by atoms with Crippen molar-refractivity contribution in [1.29, 1.82) is 0 Å². The lowest BCUT2D eigenvalue weighted by Gasteiger charge is -2.36. The maximum absolute atomic E-state index is 14.6. The molecule has 6 heterocycles. The van der Waals surface area contributed by atoms with Gasteiger partial charge in [-0.3, -0.25) is 0 Å². The smallest absolute Gasteiger partial charge is 0.296 e. The van der Waals surface area contributed by atoms with Gasteiger partial charge in [-0.15, -0.1) is 19.3 Å². The molecule has 3 saturated heterocycles. The highest BCUT2D eigenvalue weighted by atomic mass is 19.3. The van der Waals surface area contributed by atoms with Crippen molar-refractivity contribution in [1.82, 2.24) is 44.6 Å². The number of hydrogen-bond donors (Lipinski definition) is 3. The van der Waals surface area contributed by atoms with Crippen LogP contribution in [0.3, 0.4) is 0 Å². The minimum Gasteiger partial charge on any atom is -0.493 e. The Morgan fingerprint density at radius 2 is 0.688 bits per heavy atom. The quantitative estimate of drug-likeness (QED) is 0.0651. The van der Waals surface area contributed by atoms with Crippen molar-refractivity contribution in [3.05, 3.63) is 144 Å². The molecule has 3 aromatic heterocycles. The molecule has 12 rings (SSSR count). The molecule has 3 N–H and O–H groups in total.